The summed E-state index contributed by atoms with van der Waals surface area (Å²) in [6, 6.07) is 18.7. The van der Waals surface area contributed by atoms with Crippen molar-refractivity contribution >= 4 is 5.97 Å². The number of carbonyl (C=O) groups is 1. The summed E-state index contributed by atoms with van der Waals surface area (Å²) in [6.45, 7) is 0. The highest BCUT2D eigenvalue weighted by Crippen LogP contribution is 2.51. The summed E-state index contributed by atoms with van der Waals surface area (Å²) < 4.78 is 16.9. The van der Waals surface area contributed by atoms with Crippen LogP contribution < -0.4 is 14.2 Å². The molecule has 4 rings (SSSR count). The van der Waals surface area contributed by atoms with E-state index in [4.69, 9.17) is 19.3 Å². The average Bonchev–Trinajstić information content (AvgIpc) is 2.83. The fourth-order valence-electron chi connectivity index (χ4n) is 4.31. The molecule has 3 aromatic rings. The highest BCUT2D eigenvalue weighted by Gasteiger charge is 2.42. The number of aliphatic carboxylic acids is 1. The molecule has 1 unspecified atom stereocenters. The molecule has 3 aromatic carbocycles. The molecule has 33 heavy (non-hydrogen) atoms. The minimum atomic E-state index is -1.40. The number of fused-ring (bicyclic) bond motifs is 2. The van der Waals surface area contributed by atoms with Gasteiger partial charge in [0.2, 0.25) is 0 Å². The molecule has 0 spiro atoms. The molecule has 6 nitrogen and oxygen atoms in total. The minimum Gasteiger partial charge on any atom is -0.497 e. The second-order valence-corrected chi connectivity index (χ2v) is 8.19. The Balaban J connectivity index is 1.69. The van der Waals surface area contributed by atoms with Gasteiger partial charge in [0.1, 0.15) is 28.6 Å². The molecule has 0 aromatic heterocycles. The molecule has 0 amide bonds. The van der Waals surface area contributed by atoms with Crippen LogP contribution in [0.25, 0.3) is 0 Å². The standard InChI is InChI=1S/C27H28O6/c1-31-20-11-9-19(10-12-20)27(30)22-14-8-18(6-4-3-5-7-26(28)29)16-24(22)33-25-17-21(32-2)13-15-23(25)27/h8-17,30H,3-7H2,1-2H3,(H,28,29). The van der Waals surface area contributed by atoms with Gasteiger partial charge in [-0.25, -0.2) is 0 Å². The Morgan fingerprint density at radius 1 is 0.848 bits per heavy atom. The van der Waals surface area contributed by atoms with E-state index in [-0.39, 0.29) is 6.42 Å². The number of unbranched alkanes of at least 4 members (excludes halogenated alkanes) is 2. The molecule has 2 N–H and O–H groups in total. The zero-order valence-electron chi connectivity index (χ0n) is 18.8. The van der Waals surface area contributed by atoms with Gasteiger partial charge in [-0.2, -0.15) is 0 Å². The van der Waals surface area contributed by atoms with Crippen molar-refractivity contribution in [3.05, 3.63) is 82.9 Å². The van der Waals surface area contributed by atoms with E-state index in [0.717, 1.165) is 24.8 Å². The summed E-state index contributed by atoms with van der Waals surface area (Å²) in [6.07, 6.45) is 3.41. The highest BCUT2D eigenvalue weighted by atomic mass is 16.5. The second kappa shape index (κ2) is 9.55. The average molecular weight is 449 g/mol. The fraction of sp³-hybridized carbons (Fsp3) is 0.296. The number of hydrogen-bond donors (Lipinski definition) is 2. The molecular formula is C27H28O6. The van der Waals surface area contributed by atoms with Crippen LogP contribution in [0.2, 0.25) is 0 Å². The van der Waals surface area contributed by atoms with Crippen LogP contribution in [-0.2, 0) is 16.8 Å². The van der Waals surface area contributed by atoms with Crippen molar-refractivity contribution in [2.24, 2.45) is 0 Å². The molecule has 1 atom stereocenters. The number of carboxylic acid groups (broad SMARTS) is 1. The smallest absolute Gasteiger partial charge is 0.303 e. The van der Waals surface area contributed by atoms with Crippen LogP contribution in [0.15, 0.2) is 60.7 Å². The first-order chi connectivity index (χ1) is 16.0. The lowest BCUT2D eigenvalue weighted by Gasteiger charge is -2.37. The molecule has 6 heteroatoms. The van der Waals surface area contributed by atoms with Crippen molar-refractivity contribution in [3.8, 4) is 23.0 Å². The maximum Gasteiger partial charge on any atom is 0.303 e. The number of benzene rings is 3. The largest absolute Gasteiger partial charge is 0.497 e. The van der Waals surface area contributed by atoms with E-state index in [0.29, 0.717) is 46.1 Å². The molecule has 172 valence electrons. The molecule has 0 saturated carbocycles. The number of aliphatic hydroxyl groups is 1. The van der Waals surface area contributed by atoms with Crippen molar-refractivity contribution in [3.63, 3.8) is 0 Å². The van der Waals surface area contributed by atoms with Crippen LogP contribution in [0.1, 0.15) is 47.9 Å². The lowest BCUT2D eigenvalue weighted by Crippen LogP contribution is -2.32. The lowest BCUT2D eigenvalue weighted by atomic mass is 9.77. The van der Waals surface area contributed by atoms with Gasteiger partial charge in [-0.3, -0.25) is 4.79 Å². The molecule has 1 aliphatic rings. The quantitative estimate of drug-likeness (QED) is 0.433. The van der Waals surface area contributed by atoms with Gasteiger partial charge in [-0.1, -0.05) is 30.7 Å². The predicted molar refractivity (Wildman–Crippen MR) is 124 cm³/mol. The van der Waals surface area contributed by atoms with E-state index in [2.05, 4.69) is 0 Å². The first-order valence-electron chi connectivity index (χ1n) is 11.0. The number of rotatable bonds is 9. The van der Waals surface area contributed by atoms with Crippen LogP contribution >= 0.6 is 0 Å². The second-order valence-electron chi connectivity index (χ2n) is 8.19. The highest BCUT2D eigenvalue weighted by molar-refractivity contribution is 5.66. The molecule has 0 aliphatic carbocycles. The molecule has 1 aliphatic heterocycles. The lowest BCUT2D eigenvalue weighted by molar-refractivity contribution is -0.137. The zero-order chi connectivity index (χ0) is 23.4. The minimum absolute atomic E-state index is 0.195. The Labute approximate surface area is 193 Å². The number of ether oxygens (including phenoxy) is 3. The number of hydrogen-bond acceptors (Lipinski definition) is 5. The van der Waals surface area contributed by atoms with Gasteiger partial charge in [0.25, 0.3) is 0 Å². The van der Waals surface area contributed by atoms with Crippen LogP contribution in [-0.4, -0.2) is 30.4 Å². The zero-order valence-corrected chi connectivity index (χ0v) is 18.8. The number of carboxylic acids is 1. The Morgan fingerprint density at radius 2 is 1.48 bits per heavy atom. The third kappa shape index (κ3) is 4.52. The van der Waals surface area contributed by atoms with E-state index in [1.165, 1.54) is 0 Å². The molecular weight excluding hydrogens is 420 g/mol. The van der Waals surface area contributed by atoms with Gasteiger partial charge < -0.3 is 24.4 Å². The number of aryl methyl sites for hydroxylation is 1. The van der Waals surface area contributed by atoms with Crippen molar-refractivity contribution in [1.29, 1.82) is 0 Å². The van der Waals surface area contributed by atoms with E-state index >= 15 is 0 Å². The molecule has 0 radical (unpaired) electrons. The third-order valence-corrected chi connectivity index (χ3v) is 6.10. The van der Waals surface area contributed by atoms with Gasteiger partial charge in [0, 0.05) is 23.6 Å². The summed E-state index contributed by atoms with van der Waals surface area (Å²) >= 11 is 0. The van der Waals surface area contributed by atoms with Gasteiger partial charge in [-0.05, 0) is 60.7 Å². The van der Waals surface area contributed by atoms with E-state index in [9.17, 15) is 9.90 Å². The third-order valence-electron chi connectivity index (χ3n) is 6.10. The van der Waals surface area contributed by atoms with Crippen LogP contribution in [0.3, 0.4) is 0 Å². The topological polar surface area (TPSA) is 85.2 Å². The van der Waals surface area contributed by atoms with E-state index < -0.39 is 11.6 Å². The van der Waals surface area contributed by atoms with Gasteiger partial charge >= 0.3 is 5.97 Å². The number of methoxy groups -OCH3 is 2. The van der Waals surface area contributed by atoms with E-state index in [1.54, 1.807) is 20.3 Å². The molecule has 0 saturated heterocycles. The molecule has 0 fully saturated rings. The van der Waals surface area contributed by atoms with Crippen LogP contribution in [0, 0.1) is 0 Å². The Kier molecular flexibility index (Phi) is 6.56. The van der Waals surface area contributed by atoms with Gasteiger partial charge in [-0.15, -0.1) is 0 Å². The Hall–Kier alpha value is -3.51. The van der Waals surface area contributed by atoms with Crippen molar-refractivity contribution < 1.29 is 29.2 Å². The van der Waals surface area contributed by atoms with Crippen molar-refractivity contribution in [1.82, 2.24) is 0 Å². The van der Waals surface area contributed by atoms with Gasteiger partial charge in [0.05, 0.1) is 14.2 Å². The Morgan fingerprint density at radius 3 is 2.15 bits per heavy atom. The summed E-state index contributed by atoms with van der Waals surface area (Å²) in [5.74, 6) is 1.73. The fourth-order valence-corrected chi connectivity index (χ4v) is 4.31. The first-order valence-corrected chi connectivity index (χ1v) is 11.0. The maximum absolute atomic E-state index is 12.1. The summed E-state index contributed by atoms with van der Waals surface area (Å²) in [5, 5.41) is 20.9. The molecule has 0 bridgehead atoms. The maximum atomic E-state index is 12.1. The first kappa shape index (κ1) is 22.7. The monoisotopic (exact) mass is 448 g/mol. The molecule has 1 heterocycles. The summed E-state index contributed by atoms with van der Waals surface area (Å²) in [7, 11) is 3.20. The summed E-state index contributed by atoms with van der Waals surface area (Å²) in [5.41, 5.74) is 1.69. The Bertz CT molecular complexity index is 1140. The predicted octanol–water partition coefficient (Wildman–Crippen LogP) is 5.28. The van der Waals surface area contributed by atoms with Crippen molar-refractivity contribution in [2.45, 2.75) is 37.7 Å². The normalized spacial score (nSPS) is 16.3. The summed E-state index contributed by atoms with van der Waals surface area (Å²) in [4.78, 5) is 10.7. The van der Waals surface area contributed by atoms with Crippen LogP contribution in [0.4, 0.5) is 0 Å². The van der Waals surface area contributed by atoms with Crippen molar-refractivity contribution in [2.75, 3.05) is 14.2 Å². The van der Waals surface area contributed by atoms with E-state index in [1.807, 2.05) is 54.6 Å². The van der Waals surface area contributed by atoms with Crippen LogP contribution in [0.5, 0.6) is 23.0 Å². The van der Waals surface area contributed by atoms with Gasteiger partial charge in [0.15, 0.2) is 0 Å². The SMILES string of the molecule is COc1ccc(C2(O)c3ccc(CCCCCC(=O)O)cc3Oc3cc(OC)ccc32)cc1.